The molecule has 1 heterocycles. The van der Waals surface area contributed by atoms with Crippen LogP contribution in [0.15, 0.2) is 34.9 Å². The zero-order valence-electron chi connectivity index (χ0n) is 10.8. The van der Waals surface area contributed by atoms with Crippen LogP contribution in [0.1, 0.15) is 17.0 Å². The van der Waals surface area contributed by atoms with E-state index in [0.29, 0.717) is 13.1 Å². The first-order valence-corrected chi connectivity index (χ1v) is 6.06. The van der Waals surface area contributed by atoms with Gasteiger partial charge in [0.05, 0.1) is 12.2 Å². The van der Waals surface area contributed by atoms with Gasteiger partial charge in [0.25, 0.3) is 0 Å². The van der Waals surface area contributed by atoms with Crippen molar-refractivity contribution in [3.8, 4) is 18.1 Å². The van der Waals surface area contributed by atoms with Crippen LogP contribution in [0, 0.1) is 19.3 Å². The highest BCUT2D eigenvalue weighted by Gasteiger charge is 2.04. The maximum absolute atomic E-state index is 5.48. The average Bonchev–Trinajstić information content (AvgIpc) is 2.83. The lowest BCUT2D eigenvalue weighted by molar-refractivity contribution is 0.359. The molecule has 0 amide bonds. The molecule has 1 N–H and O–H groups in total. The van der Waals surface area contributed by atoms with E-state index < -0.39 is 0 Å². The number of hydrogen-bond donors (Lipinski definition) is 1. The molecule has 0 atom stereocenters. The van der Waals surface area contributed by atoms with Crippen LogP contribution in [0.5, 0.6) is 5.75 Å². The van der Waals surface area contributed by atoms with Crippen LogP contribution < -0.4 is 10.1 Å². The molecule has 0 saturated carbocycles. The maximum atomic E-state index is 5.48. The summed E-state index contributed by atoms with van der Waals surface area (Å²) in [5, 5.41) is 7.12. The van der Waals surface area contributed by atoms with Crippen LogP contribution in [-0.2, 0) is 13.1 Å². The number of nitrogens with zero attached hydrogens (tertiary/aromatic N) is 1. The van der Waals surface area contributed by atoms with Crippen molar-refractivity contribution in [2.75, 3.05) is 6.61 Å². The number of aromatic nitrogens is 1. The Morgan fingerprint density at radius 1 is 1.37 bits per heavy atom. The molecule has 2 rings (SSSR count). The van der Waals surface area contributed by atoms with Crippen molar-refractivity contribution in [2.45, 2.75) is 20.0 Å². The van der Waals surface area contributed by atoms with E-state index in [2.05, 4.69) is 16.4 Å². The summed E-state index contributed by atoms with van der Waals surface area (Å²) in [7, 11) is 0. The Hall–Kier alpha value is -2.25. The topological polar surface area (TPSA) is 47.3 Å². The third-order valence-electron chi connectivity index (χ3n) is 2.58. The minimum Gasteiger partial charge on any atom is -0.481 e. The highest BCUT2D eigenvalue weighted by atomic mass is 16.5. The highest BCUT2D eigenvalue weighted by molar-refractivity contribution is 5.33. The summed E-state index contributed by atoms with van der Waals surface area (Å²) in [5.41, 5.74) is 1.95. The van der Waals surface area contributed by atoms with Crippen molar-refractivity contribution >= 4 is 0 Å². The van der Waals surface area contributed by atoms with Gasteiger partial charge < -0.3 is 14.6 Å². The molecule has 0 unspecified atom stereocenters. The smallest absolute Gasteiger partial charge is 0.150 e. The fourth-order valence-electron chi connectivity index (χ4n) is 1.73. The number of rotatable bonds is 6. The number of nitrogens with one attached hydrogen (secondary N) is 1. The van der Waals surface area contributed by atoms with E-state index in [0.717, 1.165) is 22.8 Å². The van der Waals surface area contributed by atoms with Gasteiger partial charge in [-0.3, -0.25) is 0 Å². The SMILES string of the molecule is C#CCOc1ccccc1CNCc1cc(C)no1. The maximum Gasteiger partial charge on any atom is 0.150 e. The Kier molecular flexibility index (Phi) is 4.60. The van der Waals surface area contributed by atoms with E-state index >= 15 is 0 Å². The first-order valence-electron chi connectivity index (χ1n) is 6.06. The van der Waals surface area contributed by atoms with Crippen molar-refractivity contribution < 1.29 is 9.26 Å². The minimum absolute atomic E-state index is 0.276. The van der Waals surface area contributed by atoms with Crippen molar-refractivity contribution in [3.63, 3.8) is 0 Å². The number of terminal acetylenes is 1. The Bertz CT molecular complexity index is 570. The fraction of sp³-hybridized carbons (Fsp3) is 0.267. The van der Waals surface area contributed by atoms with Crippen molar-refractivity contribution in [3.05, 3.63) is 47.3 Å². The predicted molar refractivity (Wildman–Crippen MR) is 72.6 cm³/mol. The molecule has 0 aliphatic rings. The molecule has 0 aliphatic carbocycles. The summed E-state index contributed by atoms with van der Waals surface area (Å²) >= 11 is 0. The molecule has 4 heteroatoms. The summed E-state index contributed by atoms with van der Waals surface area (Å²) < 4.78 is 10.6. The third kappa shape index (κ3) is 3.87. The second kappa shape index (κ2) is 6.62. The molecule has 1 aromatic carbocycles. The van der Waals surface area contributed by atoms with Gasteiger partial charge in [0.15, 0.2) is 5.76 Å². The van der Waals surface area contributed by atoms with E-state index in [1.807, 2.05) is 37.3 Å². The lowest BCUT2D eigenvalue weighted by Gasteiger charge is -2.09. The number of ether oxygens (including phenoxy) is 1. The minimum atomic E-state index is 0.276. The van der Waals surface area contributed by atoms with Crippen LogP contribution in [0.4, 0.5) is 0 Å². The summed E-state index contributed by atoms with van der Waals surface area (Å²) in [4.78, 5) is 0. The molecular formula is C15H16N2O2. The molecule has 0 bridgehead atoms. The zero-order valence-corrected chi connectivity index (χ0v) is 10.8. The molecule has 0 saturated heterocycles. The number of benzene rings is 1. The van der Waals surface area contributed by atoms with Gasteiger partial charge in [-0.25, -0.2) is 0 Å². The van der Waals surface area contributed by atoms with Gasteiger partial charge in [0.2, 0.25) is 0 Å². The Labute approximate surface area is 112 Å². The summed E-state index contributed by atoms with van der Waals surface area (Å²) in [6, 6.07) is 9.72. The standard InChI is InChI=1S/C15H16N2O2/c1-3-8-18-15-7-5-4-6-13(15)10-16-11-14-9-12(2)17-19-14/h1,4-7,9,16H,8,10-11H2,2H3. The second-order valence-electron chi connectivity index (χ2n) is 4.14. The summed E-state index contributed by atoms with van der Waals surface area (Å²) in [6.07, 6.45) is 5.19. The third-order valence-corrected chi connectivity index (χ3v) is 2.58. The van der Waals surface area contributed by atoms with Gasteiger partial charge in [-0.15, -0.1) is 6.42 Å². The van der Waals surface area contributed by atoms with Gasteiger partial charge >= 0.3 is 0 Å². The van der Waals surface area contributed by atoms with E-state index in [-0.39, 0.29) is 6.61 Å². The van der Waals surface area contributed by atoms with Gasteiger partial charge in [0.1, 0.15) is 12.4 Å². The average molecular weight is 256 g/mol. The molecular weight excluding hydrogens is 240 g/mol. The molecule has 4 nitrogen and oxygen atoms in total. The van der Waals surface area contributed by atoms with Crippen molar-refractivity contribution in [2.24, 2.45) is 0 Å². The van der Waals surface area contributed by atoms with Crippen molar-refractivity contribution in [1.82, 2.24) is 10.5 Å². The van der Waals surface area contributed by atoms with Gasteiger partial charge in [0, 0.05) is 18.2 Å². The number of hydrogen-bond acceptors (Lipinski definition) is 4. The first-order chi connectivity index (χ1) is 9.29. The molecule has 98 valence electrons. The zero-order chi connectivity index (χ0) is 13.5. The Balaban J connectivity index is 1.90. The lowest BCUT2D eigenvalue weighted by Crippen LogP contribution is -2.13. The molecule has 0 aliphatic heterocycles. The van der Waals surface area contributed by atoms with Crippen LogP contribution in [0.2, 0.25) is 0 Å². The Morgan fingerprint density at radius 2 is 2.21 bits per heavy atom. The highest BCUT2D eigenvalue weighted by Crippen LogP contribution is 2.17. The van der Waals surface area contributed by atoms with E-state index in [4.69, 9.17) is 15.7 Å². The van der Waals surface area contributed by atoms with E-state index in [1.54, 1.807) is 0 Å². The Morgan fingerprint density at radius 3 is 2.95 bits per heavy atom. The van der Waals surface area contributed by atoms with Gasteiger partial charge in [-0.2, -0.15) is 0 Å². The largest absolute Gasteiger partial charge is 0.481 e. The lowest BCUT2D eigenvalue weighted by atomic mass is 10.2. The number of para-hydroxylation sites is 1. The summed E-state index contributed by atoms with van der Waals surface area (Å²) in [5.74, 6) is 4.09. The second-order valence-corrected chi connectivity index (χ2v) is 4.14. The van der Waals surface area contributed by atoms with Crippen LogP contribution in [0.3, 0.4) is 0 Å². The molecule has 2 aromatic rings. The number of aryl methyl sites for hydroxylation is 1. The molecule has 1 aromatic heterocycles. The van der Waals surface area contributed by atoms with E-state index in [1.165, 1.54) is 0 Å². The van der Waals surface area contributed by atoms with E-state index in [9.17, 15) is 0 Å². The normalized spacial score (nSPS) is 10.1. The predicted octanol–water partition coefficient (Wildman–Crippen LogP) is 2.28. The quantitative estimate of drug-likeness (QED) is 0.805. The van der Waals surface area contributed by atoms with Gasteiger partial charge in [-0.05, 0) is 13.0 Å². The molecule has 0 spiro atoms. The monoisotopic (exact) mass is 256 g/mol. The van der Waals surface area contributed by atoms with Crippen LogP contribution >= 0.6 is 0 Å². The first kappa shape index (κ1) is 13.2. The fourth-order valence-corrected chi connectivity index (χ4v) is 1.73. The van der Waals surface area contributed by atoms with Crippen molar-refractivity contribution in [1.29, 1.82) is 0 Å². The van der Waals surface area contributed by atoms with Crippen LogP contribution in [0.25, 0.3) is 0 Å². The molecule has 0 fully saturated rings. The van der Waals surface area contributed by atoms with Gasteiger partial charge in [-0.1, -0.05) is 29.3 Å². The van der Waals surface area contributed by atoms with Crippen LogP contribution in [-0.4, -0.2) is 11.8 Å². The summed E-state index contributed by atoms with van der Waals surface area (Å²) in [6.45, 7) is 3.49. The molecule has 0 radical (unpaired) electrons. The molecule has 19 heavy (non-hydrogen) atoms.